The van der Waals surface area contributed by atoms with Crippen molar-refractivity contribution in [3.63, 3.8) is 0 Å². The number of ether oxygens (including phenoxy) is 1. The minimum absolute atomic E-state index is 0.0776. The van der Waals surface area contributed by atoms with E-state index in [2.05, 4.69) is 26.2 Å². The highest BCUT2D eigenvalue weighted by Gasteiger charge is 2.57. The molecule has 0 radical (unpaired) electrons. The quantitative estimate of drug-likeness (QED) is 0.517. The van der Waals surface area contributed by atoms with Gasteiger partial charge in [-0.05, 0) is 56.4 Å². The molecular formula is C26H22BrF4N5O2. The number of amidine groups is 1. The van der Waals surface area contributed by atoms with Crippen LogP contribution in [0.2, 0.25) is 0 Å². The summed E-state index contributed by atoms with van der Waals surface area (Å²) < 4.78 is 61.4. The van der Waals surface area contributed by atoms with Gasteiger partial charge in [-0.25, -0.2) is 9.37 Å². The number of nitrogens with zero attached hydrogens (tertiary/aromatic N) is 4. The predicted octanol–water partition coefficient (Wildman–Crippen LogP) is 4.81. The predicted molar refractivity (Wildman–Crippen MR) is 132 cm³/mol. The van der Waals surface area contributed by atoms with Gasteiger partial charge in [0, 0.05) is 29.0 Å². The van der Waals surface area contributed by atoms with E-state index in [1.807, 2.05) is 17.9 Å². The number of hydrogen-bond acceptors (Lipinski definition) is 6. The third-order valence-electron chi connectivity index (χ3n) is 8.07. The molecule has 5 heterocycles. The van der Waals surface area contributed by atoms with E-state index in [-0.39, 0.29) is 47.8 Å². The number of fused-ring (bicyclic) bond motifs is 1. The number of nitrogens with one attached hydrogen (secondary N) is 1. The standard InChI is InChI=1S/C26H22BrF4N5O2/c1-13-8-24(4-5-36(13)19-7-15(27)6-18(28)17(19)11-32)23(37)34-22(35-24)16-2-3-20(26(29,30)31)33-21(16)25-9-14(10-25)12-38-25/h2-3,6-7,13-14H,4-5,8-10,12H2,1H3,(H,34,35,37)/t13-,14?,24+,25?/m0/s1. The van der Waals surface area contributed by atoms with Gasteiger partial charge in [-0.15, -0.1) is 0 Å². The maximum Gasteiger partial charge on any atom is 0.433 e. The molecule has 1 amide bonds. The summed E-state index contributed by atoms with van der Waals surface area (Å²) >= 11 is 3.28. The van der Waals surface area contributed by atoms with Gasteiger partial charge >= 0.3 is 6.18 Å². The van der Waals surface area contributed by atoms with Crippen molar-refractivity contribution < 1.29 is 27.1 Å². The molecule has 198 valence electrons. The van der Waals surface area contributed by atoms with Crippen LogP contribution in [0.15, 0.2) is 33.7 Å². The van der Waals surface area contributed by atoms with Crippen molar-refractivity contribution in [2.45, 2.75) is 56.0 Å². The van der Waals surface area contributed by atoms with Gasteiger partial charge in [0.05, 0.1) is 18.0 Å². The molecule has 2 atom stereocenters. The number of piperidine rings is 1. The van der Waals surface area contributed by atoms with Gasteiger partial charge in [-0.3, -0.25) is 9.79 Å². The second-order valence-corrected chi connectivity index (χ2v) is 11.4. The first kappa shape index (κ1) is 25.2. The summed E-state index contributed by atoms with van der Waals surface area (Å²) in [6, 6.07) is 6.75. The van der Waals surface area contributed by atoms with Crippen LogP contribution < -0.4 is 10.2 Å². The molecule has 7 rings (SSSR count). The summed E-state index contributed by atoms with van der Waals surface area (Å²) in [5.74, 6) is -0.511. The van der Waals surface area contributed by atoms with E-state index in [0.29, 0.717) is 41.7 Å². The second kappa shape index (κ2) is 8.48. The van der Waals surface area contributed by atoms with Crippen LogP contribution in [0.5, 0.6) is 0 Å². The smallest absolute Gasteiger partial charge is 0.368 e. The lowest BCUT2D eigenvalue weighted by Crippen LogP contribution is -2.53. The maximum atomic E-state index is 14.4. The highest BCUT2D eigenvalue weighted by atomic mass is 79.9. The number of aromatic nitrogens is 1. The molecule has 2 aromatic rings. The van der Waals surface area contributed by atoms with Crippen LogP contribution in [0.1, 0.15) is 55.1 Å². The first-order valence-electron chi connectivity index (χ1n) is 12.2. The molecule has 3 saturated heterocycles. The zero-order valence-corrected chi connectivity index (χ0v) is 21.8. The first-order chi connectivity index (χ1) is 17.9. The van der Waals surface area contributed by atoms with E-state index in [4.69, 9.17) is 9.73 Å². The SMILES string of the molecule is C[C@H]1C[C@@]2(CCN1c1cc(Br)cc(F)c1C#N)N=C(c1ccc(C(F)(F)F)nc1C13CC(CO1)C3)NC2=O. The lowest BCUT2D eigenvalue weighted by molar-refractivity contribution is -0.141. The molecule has 1 spiro atoms. The molecular weight excluding hydrogens is 570 g/mol. The average molecular weight is 592 g/mol. The van der Waals surface area contributed by atoms with Crippen LogP contribution >= 0.6 is 15.9 Å². The number of aliphatic imine (C=N–C) groups is 1. The van der Waals surface area contributed by atoms with Gasteiger partial charge in [0.2, 0.25) is 0 Å². The fraction of sp³-hybridized carbons (Fsp3) is 0.462. The molecule has 5 aliphatic rings. The number of carbonyl (C=O) groups excluding carboxylic acids is 1. The molecule has 4 aliphatic heterocycles. The number of nitriles is 1. The fourth-order valence-electron chi connectivity index (χ4n) is 6.24. The van der Waals surface area contributed by atoms with Crippen molar-refractivity contribution in [3.05, 3.63) is 57.1 Å². The van der Waals surface area contributed by atoms with Crippen molar-refractivity contribution in [2.24, 2.45) is 10.9 Å². The van der Waals surface area contributed by atoms with Gasteiger partial charge in [0.1, 0.15) is 40.1 Å². The molecule has 0 unspecified atom stereocenters. The van der Waals surface area contributed by atoms with E-state index in [1.54, 1.807) is 6.07 Å². The van der Waals surface area contributed by atoms with Gasteiger partial charge < -0.3 is 15.0 Å². The normalized spacial score (nSPS) is 30.2. The van der Waals surface area contributed by atoms with Gasteiger partial charge in [-0.2, -0.15) is 18.4 Å². The average Bonchev–Trinajstić information content (AvgIpc) is 3.52. The largest absolute Gasteiger partial charge is 0.433 e. The van der Waals surface area contributed by atoms with Crippen molar-refractivity contribution in [2.75, 3.05) is 18.1 Å². The highest BCUT2D eigenvalue weighted by molar-refractivity contribution is 9.10. The number of alkyl halides is 3. The number of anilines is 1. The summed E-state index contributed by atoms with van der Waals surface area (Å²) in [5, 5.41) is 12.3. The Balaban J connectivity index is 1.35. The Morgan fingerprint density at radius 2 is 2.03 bits per heavy atom. The Hall–Kier alpha value is -3.04. The number of rotatable bonds is 3. The Morgan fingerprint density at radius 3 is 2.66 bits per heavy atom. The molecule has 12 heteroatoms. The van der Waals surface area contributed by atoms with E-state index in [1.165, 1.54) is 12.1 Å². The molecule has 1 aliphatic carbocycles. The summed E-state index contributed by atoms with van der Waals surface area (Å²) in [4.78, 5) is 23.9. The van der Waals surface area contributed by atoms with Gasteiger partial charge in [-0.1, -0.05) is 15.9 Å². The lowest BCUT2D eigenvalue weighted by atomic mass is 9.71. The van der Waals surface area contributed by atoms with Crippen molar-refractivity contribution >= 4 is 33.4 Å². The van der Waals surface area contributed by atoms with Crippen LogP contribution in [0.4, 0.5) is 23.2 Å². The van der Waals surface area contributed by atoms with E-state index < -0.39 is 28.8 Å². The summed E-state index contributed by atoms with van der Waals surface area (Å²) in [6.45, 7) is 2.66. The summed E-state index contributed by atoms with van der Waals surface area (Å²) in [7, 11) is 0. The molecule has 4 fully saturated rings. The minimum Gasteiger partial charge on any atom is -0.368 e. The van der Waals surface area contributed by atoms with E-state index >= 15 is 0 Å². The van der Waals surface area contributed by atoms with Crippen LogP contribution in [0, 0.1) is 23.1 Å². The summed E-state index contributed by atoms with van der Waals surface area (Å²) in [5.41, 5.74) is -2.22. The number of hydrogen-bond donors (Lipinski definition) is 1. The Kier molecular flexibility index (Phi) is 5.63. The van der Waals surface area contributed by atoms with Crippen LogP contribution in [-0.4, -0.2) is 41.5 Å². The topological polar surface area (TPSA) is 90.6 Å². The van der Waals surface area contributed by atoms with Crippen molar-refractivity contribution in [3.8, 4) is 6.07 Å². The zero-order chi connectivity index (χ0) is 27.0. The van der Waals surface area contributed by atoms with Gasteiger partial charge in [0.25, 0.3) is 5.91 Å². The zero-order valence-electron chi connectivity index (χ0n) is 20.2. The number of pyridine rings is 1. The molecule has 38 heavy (non-hydrogen) atoms. The molecule has 1 saturated carbocycles. The van der Waals surface area contributed by atoms with E-state index in [9.17, 15) is 27.6 Å². The Morgan fingerprint density at radius 1 is 1.26 bits per heavy atom. The second-order valence-electron chi connectivity index (χ2n) is 10.5. The Bertz CT molecular complexity index is 1430. The fourth-order valence-corrected chi connectivity index (χ4v) is 6.65. The van der Waals surface area contributed by atoms with E-state index in [0.717, 1.165) is 6.07 Å². The number of carbonyl (C=O) groups is 1. The molecule has 1 aromatic carbocycles. The monoisotopic (exact) mass is 591 g/mol. The summed E-state index contributed by atoms with van der Waals surface area (Å²) in [6.07, 6.45) is -2.91. The van der Waals surface area contributed by atoms with Crippen LogP contribution in [0.25, 0.3) is 0 Å². The number of benzene rings is 1. The van der Waals surface area contributed by atoms with Crippen LogP contribution in [-0.2, 0) is 21.3 Å². The van der Waals surface area contributed by atoms with Crippen molar-refractivity contribution in [1.29, 1.82) is 5.26 Å². The third kappa shape index (κ3) is 3.81. The van der Waals surface area contributed by atoms with Crippen LogP contribution in [0.3, 0.4) is 0 Å². The Labute approximate surface area is 224 Å². The number of amides is 1. The number of halogens is 5. The molecule has 1 N–H and O–H groups in total. The highest BCUT2D eigenvalue weighted by Crippen LogP contribution is 2.55. The maximum absolute atomic E-state index is 14.4. The van der Waals surface area contributed by atoms with Crippen molar-refractivity contribution in [1.82, 2.24) is 10.3 Å². The molecule has 7 nitrogen and oxygen atoms in total. The molecule has 1 aromatic heterocycles. The molecule has 2 bridgehead atoms. The third-order valence-corrected chi connectivity index (χ3v) is 8.53. The van der Waals surface area contributed by atoms with Gasteiger partial charge in [0.15, 0.2) is 0 Å². The first-order valence-corrected chi connectivity index (χ1v) is 13.0. The minimum atomic E-state index is -4.62. The lowest BCUT2D eigenvalue weighted by Gasteiger charge is -2.42.